The Morgan fingerprint density at radius 3 is 2.30 bits per heavy atom. The van der Waals surface area contributed by atoms with E-state index in [9.17, 15) is 13.2 Å². The van der Waals surface area contributed by atoms with Crippen LogP contribution in [0.25, 0.3) is 0 Å². The lowest BCUT2D eigenvalue weighted by molar-refractivity contribution is -0.118. The van der Waals surface area contributed by atoms with Gasteiger partial charge in [-0.3, -0.25) is 4.79 Å². The Hall–Kier alpha value is -1.80. The lowest BCUT2D eigenvalue weighted by Gasteiger charge is -2.24. The third-order valence-electron chi connectivity index (χ3n) is 4.01. The van der Waals surface area contributed by atoms with E-state index in [1.807, 2.05) is 0 Å². The number of sulfonamides is 1. The number of rotatable bonds is 7. The number of methoxy groups -OCH3 is 1. The minimum absolute atomic E-state index is 0.0498. The van der Waals surface area contributed by atoms with Crippen molar-refractivity contribution in [3.63, 3.8) is 0 Å². The summed E-state index contributed by atoms with van der Waals surface area (Å²) >= 11 is 11.9. The molecular weight excluding hydrogens is 411 g/mol. The molecule has 9 heteroatoms. The van der Waals surface area contributed by atoms with Gasteiger partial charge in [-0.1, -0.05) is 30.1 Å². The molecule has 0 N–H and O–H groups in total. The highest BCUT2D eigenvalue weighted by atomic mass is 35.5. The summed E-state index contributed by atoms with van der Waals surface area (Å²) in [4.78, 5) is 13.9. The maximum Gasteiger partial charge on any atom is 0.245 e. The van der Waals surface area contributed by atoms with Crippen molar-refractivity contribution >= 4 is 44.8 Å². The van der Waals surface area contributed by atoms with Crippen molar-refractivity contribution < 1.29 is 17.9 Å². The van der Waals surface area contributed by atoms with E-state index in [1.165, 1.54) is 23.1 Å². The van der Waals surface area contributed by atoms with Gasteiger partial charge in [0, 0.05) is 24.3 Å². The predicted molar refractivity (Wildman–Crippen MR) is 107 cm³/mol. The van der Waals surface area contributed by atoms with Crippen molar-refractivity contribution in [1.82, 2.24) is 4.31 Å². The van der Waals surface area contributed by atoms with E-state index in [0.29, 0.717) is 11.4 Å². The third-order valence-corrected chi connectivity index (χ3v) is 6.65. The Balaban J connectivity index is 2.24. The lowest BCUT2D eigenvalue weighted by Crippen LogP contribution is -2.41. The fraction of sp³-hybridized carbons (Fsp3) is 0.278. The summed E-state index contributed by atoms with van der Waals surface area (Å²) in [7, 11) is -0.846. The van der Waals surface area contributed by atoms with E-state index in [0.717, 1.165) is 4.31 Å². The fourth-order valence-corrected chi connectivity index (χ4v) is 4.52. The zero-order valence-corrected chi connectivity index (χ0v) is 17.5. The summed E-state index contributed by atoms with van der Waals surface area (Å²) in [5, 5.41) is 0.296. The molecule has 0 aliphatic rings. The second-order valence-electron chi connectivity index (χ2n) is 5.66. The molecule has 2 rings (SSSR count). The van der Waals surface area contributed by atoms with Crippen molar-refractivity contribution in [3.8, 4) is 5.75 Å². The highest BCUT2D eigenvalue weighted by Crippen LogP contribution is 2.28. The molecule has 0 atom stereocenters. The van der Waals surface area contributed by atoms with Crippen molar-refractivity contribution in [2.75, 3.05) is 32.1 Å². The van der Waals surface area contributed by atoms with Crippen LogP contribution in [0.4, 0.5) is 5.69 Å². The molecule has 0 unspecified atom stereocenters. The van der Waals surface area contributed by atoms with Crippen molar-refractivity contribution in [1.29, 1.82) is 0 Å². The maximum absolute atomic E-state index is 12.9. The first-order valence-electron chi connectivity index (χ1n) is 8.06. The summed E-state index contributed by atoms with van der Waals surface area (Å²) in [5.74, 6) is 0.275. The van der Waals surface area contributed by atoms with E-state index < -0.39 is 10.0 Å². The number of nitrogens with zero attached hydrogens (tertiary/aromatic N) is 2. The van der Waals surface area contributed by atoms with Crippen molar-refractivity contribution in [2.24, 2.45) is 0 Å². The van der Waals surface area contributed by atoms with Crippen LogP contribution in [0, 0.1) is 0 Å². The quantitative estimate of drug-likeness (QED) is 0.671. The molecule has 0 spiro atoms. The van der Waals surface area contributed by atoms with Crippen LogP contribution in [0.5, 0.6) is 5.75 Å². The Kier molecular flexibility index (Phi) is 7.11. The molecule has 0 bridgehead atoms. The van der Waals surface area contributed by atoms with Gasteiger partial charge in [0.1, 0.15) is 10.6 Å². The number of carbonyl (C=O) groups excluding carboxylic acids is 1. The first-order chi connectivity index (χ1) is 12.7. The standard InChI is InChI=1S/C18H20Cl2N2O4S/c1-4-22(27(24,25)17-11-13(19)5-10-16(17)20)12-18(23)21(2)14-6-8-15(26-3)9-7-14/h5-11H,4,12H2,1-3H3. The molecule has 0 aliphatic heterocycles. The Bertz CT molecular complexity index is 917. The van der Waals surface area contributed by atoms with E-state index in [1.54, 1.807) is 45.3 Å². The van der Waals surface area contributed by atoms with Crippen LogP contribution in [0.15, 0.2) is 47.4 Å². The summed E-state index contributed by atoms with van der Waals surface area (Å²) < 4.78 is 32.0. The van der Waals surface area contributed by atoms with Crippen LogP contribution in [0.2, 0.25) is 10.0 Å². The Morgan fingerprint density at radius 2 is 1.74 bits per heavy atom. The second kappa shape index (κ2) is 8.93. The van der Waals surface area contributed by atoms with Crippen LogP contribution in [0.1, 0.15) is 6.92 Å². The average molecular weight is 431 g/mol. The van der Waals surface area contributed by atoms with E-state index in [-0.39, 0.29) is 33.9 Å². The third kappa shape index (κ3) is 4.93. The molecule has 0 fully saturated rings. The molecule has 2 aromatic carbocycles. The predicted octanol–water partition coefficient (Wildman–Crippen LogP) is 3.68. The average Bonchev–Trinajstić information content (AvgIpc) is 2.66. The van der Waals surface area contributed by atoms with Gasteiger partial charge in [0.05, 0.1) is 18.7 Å². The molecule has 0 saturated heterocycles. The zero-order chi connectivity index (χ0) is 20.2. The molecule has 0 heterocycles. The SMILES string of the molecule is CCN(CC(=O)N(C)c1ccc(OC)cc1)S(=O)(=O)c1cc(Cl)ccc1Cl. The minimum Gasteiger partial charge on any atom is -0.497 e. The molecular formula is C18H20Cl2N2O4S. The molecule has 146 valence electrons. The summed E-state index contributed by atoms with van der Waals surface area (Å²) in [6.07, 6.45) is 0. The largest absolute Gasteiger partial charge is 0.497 e. The number of likely N-dealkylation sites (N-methyl/N-ethyl adjacent to an activating group) is 2. The maximum atomic E-state index is 12.9. The number of ether oxygens (including phenoxy) is 1. The number of hydrogen-bond donors (Lipinski definition) is 0. The summed E-state index contributed by atoms with van der Waals surface area (Å²) in [5.41, 5.74) is 0.620. The molecule has 2 aromatic rings. The minimum atomic E-state index is -3.98. The molecule has 1 amide bonds. The van der Waals surface area contributed by atoms with Crippen LogP contribution in [-0.2, 0) is 14.8 Å². The second-order valence-corrected chi connectivity index (χ2v) is 8.41. The molecule has 0 aliphatic carbocycles. The summed E-state index contributed by atoms with van der Waals surface area (Å²) in [6, 6.07) is 11.1. The topological polar surface area (TPSA) is 66.9 Å². The van der Waals surface area contributed by atoms with Crippen molar-refractivity contribution in [3.05, 3.63) is 52.5 Å². The fourth-order valence-electron chi connectivity index (χ4n) is 2.39. The van der Waals surface area contributed by atoms with Crippen LogP contribution >= 0.6 is 23.2 Å². The van der Waals surface area contributed by atoms with E-state index in [4.69, 9.17) is 27.9 Å². The molecule has 6 nitrogen and oxygen atoms in total. The zero-order valence-electron chi connectivity index (χ0n) is 15.1. The van der Waals surface area contributed by atoms with Gasteiger partial charge in [-0.25, -0.2) is 8.42 Å². The lowest BCUT2D eigenvalue weighted by atomic mass is 10.3. The summed E-state index contributed by atoms with van der Waals surface area (Å²) in [6.45, 7) is 1.42. The molecule has 27 heavy (non-hydrogen) atoms. The Labute approximate surface area is 169 Å². The number of hydrogen-bond acceptors (Lipinski definition) is 4. The van der Waals surface area contributed by atoms with Gasteiger partial charge in [0.25, 0.3) is 0 Å². The van der Waals surface area contributed by atoms with Crippen molar-refractivity contribution in [2.45, 2.75) is 11.8 Å². The molecule has 0 radical (unpaired) electrons. The normalized spacial score (nSPS) is 11.5. The Morgan fingerprint density at radius 1 is 1.11 bits per heavy atom. The van der Waals surface area contributed by atoms with Gasteiger partial charge < -0.3 is 9.64 Å². The van der Waals surface area contributed by atoms with Gasteiger partial charge in [-0.05, 0) is 42.5 Å². The van der Waals surface area contributed by atoms with Crippen LogP contribution < -0.4 is 9.64 Å². The highest BCUT2D eigenvalue weighted by Gasteiger charge is 2.29. The van der Waals surface area contributed by atoms with E-state index >= 15 is 0 Å². The van der Waals surface area contributed by atoms with Gasteiger partial charge in [-0.2, -0.15) is 4.31 Å². The molecule has 0 saturated carbocycles. The van der Waals surface area contributed by atoms with Crippen LogP contribution in [-0.4, -0.2) is 45.9 Å². The monoisotopic (exact) mass is 430 g/mol. The first-order valence-corrected chi connectivity index (χ1v) is 10.3. The first kappa shape index (κ1) is 21.5. The number of carbonyl (C=O) groups is 1. The van der Waals surface area contributed by atoms with E-state index in [2.05, 4.69) is 0 Å². The highest BCUT2D eigenvalue weighted by molar-refractivity contribution is 7.89. The smallest absolute Gasteiger partial charge is 0.245 e. The van der Waals surface area contributed by atoms with Gasteiger partial charge in [0.2, 0.25) is 15.9 Å². The number of halogens is 2. The van der Waals surface area contributed by atoms with Gasteiger partial charge >= 0.3 is 0 Å². The van der Waals surface area contributed by atoms with Gasteiger partial charge in [-0.15, -0.1) is 0 Å². The van der Waals surface area contributed by atoms with Crippen LogP contribution in [0.3, 0.4) is 0 Å². The van der Waals surface area contributed by atoms with Gasteiger partial charge in [0.15, 0.2) is 0 Å². The number of amides is 1. The number of anilines is 1. The molecule has 0 aromatic heterocycles. The number of benzene rings is 2.